The second-order valence-electron chi connectivity index (χ2n) is 5.64. The summed E-state index contributed by atoms with van der Waals surface area (Å²) < 4.78 is 26.0. The van der Waals surface area contributed by atoms with Crippen molar-refractivity contribution in [2.75, 3.05) is 72.8 Å². The van der Waals surface area contributed by atoms with E-state index in [1.54, 1.807) is 7.11 Å². The Balaban J connectivity index is 0.000000191. The van der Waals surface area contributed by atoms with Crippen LogP contribution < -0.4 is 15.8 Å². The molecule has 3 atom stereocenters. The molecule has 152 valence electrons. The van der Waals surface area contributed by atoms with E-state index in [-0.39, 0.29) is 22.4 Å². The summed E-state index contributed by atoms with van der Waals surface area (Å²) in [7, 11) is 6.32. The molecule has 3 saturated heterocycles. The van der Waals surface area contributed by atoms with E-state index in [0.29, 0.717) is 9.45 Å². The lowest BCUT2D eigenvalue weighted by molar-refractivity contribution is -0.0880. The van der Waals surface area contributed by atoms with Gasteiger partial charge in [0.15, 0.2) is 12.6 Å². The highest BCUT2D eigenvalue weighted by molar-refractivity contribution is 8.42. The van der Waals surface area contributed by atoms with Gasteiger partial charge in [-0.25, -0.2) is 4.31 Å². The standard InChI is InChI=1S/C5H15N3S2.C5H11NO2.C5H10O2/c1-8-4-3-7-10(8)9(2)5-6;1-6-4-5-7-2-3-8-5;1-6-5-3-2-4-7-5/h7H,3-6H2,1-2H3;5-6H,2-4H2,1H3;5H,2-4H2,1H3. The average molecular weight is 401 g/mol. The molecule has 3 heterocycles. The normalized spacial score (nSPS) is 28.2. The number of nitrogens with one attached hydrogen (secondary N) is 2. The summed E-state index contributed by atoms with van der Waals surface area (Å²) in [5, 5.41) is 2.96. The van der Waals surface area contributed by atoms with Crippen LogP contribution in [-0.2, 0) is 38.2 Å². The Hall–Kier alpha value is 0.380. The Labute approximate surface area is 156 Å². The summed E-state index contributed by atoms with van der Waals surface area (Å²) in [5.74, 6) is 0.806. The first-order chi connectivity index (χ1) is 12.1. The average Bonchev–Trinajstić information content (AvgIpc) is 3.38. The first-order valence-corrected chi connectivity index (χ1v) is 12.2. The molecule has 0 amide bonds. The summed E-state index contributed by atoms with van der Waals surface area (Å²) in [6, 6.07) is 0. The van der Waals surface area contributed by atoms with Crippen LogP contribution in [0.1, 0.15) is 12.8 Å². The molecule has 3 rings (SSSR count). The van der Waals surface area contributed by atoms with Gasteiger partial charge < -0.3 is 30.0 Å². The molecule has 3 aliphatic rings. The van der Waals surface area contributed by atoms with Gasteiger partial charge in [-0.15, -0.1) is 9.45 Å². The maximum absolute atomic E-state index is 5.57. The summed E-state index contributed by atoms with van der Waals surface area (Å²) in [5.41, 5.74) is 5.57. The Morgan fingerprint density at radius 3 is 2.44 bits per heavy atom. The van der Waals surface area contributed by atoms with Crippen LogP contribution in [0.25, 0.3) is 0 Å². The predicted molar refractivity (Wildman–Crippen MR) is 106 cm³/mol. The van der Waals surface area contributed by atoms with Crippen molar-refractivity contribution in [3.63, 3.8) is 0 Å². The van der Waals surface area contributed by atoms with Crippen LogP contribution in [0.3, 0.4) is 0 Å². The number of ether oxygens (including phenoxy) is 4. The van der Waals surface area contributed by atoms with Gasteiger partial charge in [-0.1, -0.05) is 0 Å². The highest BCUT2D eigenvalue weighted by Crippen LogP contribution is 2.10. The smallest absolute Gasteiger partial charge is 0.170 e. The minimum absolute atomic E-state index is 0.000000000000000222. The monoisotopic (exact) mass is 400 g/mol. The summed E-state index contributed by atoms with van der Waals surface area (Å²) in [6.45, 7) is 5.44. The van der Waals surface area contributed by atoms with E-state index in [2.05, 4.69) is 27.6 Å². The van der Waals surface area contributed by atoms with Crippen LogP contribution in [0, 0.1) is 0 Å². The fourth-order valence-electron chi connectivity index (χ4n) is 2.29. The molecular weight excluding hydrogens is 364 g/mol. The number of rotatable bonds is 4. The molecule has 3 fully saturated rings. The van der Waals surface area contributed by atoms with Crippen molar-refractivity contribution in [2.24, 2.45) is 5.73 Å². The van der Waals surface area contributed by atoms with Gasteiger partial charge in [0.05, 0.1) is 13.2 Å². The van der Waals surface area contributed by atoms with E-state index < -0.39 is 0 Å². The van der Waals surface area contributed by atoms with Crippen molar-refractivity contribution in [1.29, 1.82) is 0 Å². The van der Waals surface area contributed by atoms with Gasteiger partial charge in [-0.05, 0) is 36.6 Å². The van der Waals surface area contributed by atoms with E-state index in [9.17, 15) is 0 Å². The van der Waals surface area contributed by atoms with Gasteiger partial charge in [-0.2, -0.15) is 0 Å². The van der Waals surface area contributed by atoms with Crippen molar-refractivity contribution < 1.29 is 18.9 Å². The van der Waals surface area contributed by atoms with Crippen molar-refractivity contribution >= 4 is 19.3 Å². The van der Waals surface area contributed by atoms with E-state index in [4.69, 9.17) is 24.7 Å². The number of nitrogens with two attached hydrogens (primary N) is 1. The number of nitrogens with zero attached hydrogens (tertiary/aromatic N) is 1. The van der Waals surface area contributed by atoms with E-state index in [1.165, 1.54) is 6.54 Å². The first-order valence-electron chi connectivity index (χ1n) is 8.66. The maximum atomic E-state index is 5.57. The van der Waals surface area contributed by atoms with Crippen LogP contribution in [0.5, 0.6) is 0 Å². The predicted octanol–water partition coefficient (Wildman–Crippen LogP) is -0.603. The van der Waals surface area contributed by atoms with Crippen molar-refractivity contribution in [2.45, 2.75) is 25.4 Å². The van der Waals surface area contributed by atoms with Crippen molar-refractivity contribution in [3.8, 4) is 0 Å². The highest BCUT2D eigenvalue weighted by Gasteiger charge is 2.14. The second-order valence-corrected chi connectivity index (χ2v) is 11.2. The number of hydrogen-bond donors (Lipinski definition) is 3. The minimum atomic E-state index is -0.000000000000000222. The second kappa shape index (κ2) is 14.4. The molecule has 0 aromatic heterocycles. The Morgan fingerprint density at radius 1 is 1.32 bits per heavy atom. The molecule has 4 N–H and O–H groups in total. The molecule has 0 spiro atoms. The third kappa shape index (κ3) is 9.76. The van der Waals surface area contributed by atoms with E-state index in [1.807, 2.05) is 7.05 Å². The van der Waals surface area contributed by atoms with Crippen LogP contribution in [0.4, 0.5) is 0 Å². The Morgan fingerprint density at radius 2 is 2.04 bits per heavy atom. The molecule has 0 aromatic carbocycles. The SMILES string of the molecule is CN1CCN/S1=S(/C)CN.CNCC1OCCO1.COC1CCCO1. The molecule has 10 heteroatoms. The third-order valence-corrected chi connectivity index (χ3v) is 9.00. The molecule has 0 bridgehead atoms. The van der Waals surface area contributed by atoms with Crippen molar-refractivity contribution in [1.82, 2.24) is 14.3 Å². The lowest BCUT2D eigenvalue weighted by Gasteiger charge is -2.13. The van der Waals surface area contributed by atoms with Gasteiger partial charge >= 0.3 is 0 Å². The lowest BCUT2D eigenvalue weighted by atomic mass is 10.4. The van der Waals surface area contributed by atoms with E-state index >= 15 is 0 Å². The first kappa shape index (κ1) is 23.4. The van der Waals surface area contributed by atoms with Crippen molar-refractivity contribution in [3.05, 3.63) is 0 Å². The zero-order valence-corrected chi connectivity index (χ0v) is 17.6. The number of hydrogen-bond acceptors (Lipinski definition) is 6. The number of likely N-dealkylation sites (N-methyl/N-ethyl adjacent to an activating group) is 2. The van der Waals surface area contributed by atoms with Gasteiger partial charge in [0.2, 0.25) is 0 Å². The summed E-state index contributed by atoms with van der Waals surface area (Å²) >= 11 is 0. The zero-order valence-electron chi connectivity index (χ0n) is 16.0. The van der Waals surface area contributed by atoms with Crippen LogP contribution in [0.2, 0.25) is 0 Å². The molecule has 3 aliphatic heterocycles. The largest absolute Gasteiger partial charge is 0.356 e. The Kier molecular flexibility index (Phi) is 13.5. The third-order valence-electron chi connectivity index (χ3n) is 3.65. The minimum Gasteiger partial charge on any atom is -0.356 e. The molecular formula is C15H36N4O4S2. The van der Waals surface area contributed by atoms with Gasteiger partial charge in [0.1, 0.15) is 0 Å². The molecule has 25 heavy (non-hydrogen) atoms. The summed E-state index contributed by atoms with van der Waals surface area (Å²) in [6.07, 6.45) is 4.53. The number of methoxy groups -OCH3 is 1. The molecule has 0 saturated carbocycles. The van der Waals surface area contributed by atoms with E-state index in [0.717, 1.165) is 51.6 Å². The molecule has 0 aromatic rings. The summed E-state index contributed by atoms with van der Waals surface area (Å²) in [4.78, 5) is 0. The highest BCUT2D eigenvalue weighted by atomic mass is 32.9. The molecule has 0 aliphatic carbocycles. The van der Waals surface area contributed by atoms with Crippen LogP contribution in [-0.4, -0.2) is 89.7 Å². The fraction of sp³-hybridized carbons (Fsp3) is 1.00. The van der Waals surface area contributed by atoms with Gasteiger partial charge in [-0.3, -0.25) is 4.72 Å². The van der Waals surface area contributed by atoms with Crippen LogP contribution in [0.15, 0.2) is 0 Å². The quantitative estimate of drug-likeness (QED) is 0.576. The molecule has 3 unspecified atom stereocenters. The topological polar surface area (TPSA) is 90.2 Å². The van der Waals surface area contributed by atoms with Crippen LogP contribution >= 0.6 is 0 Å². The Bertz CT molecular complexity index is 379. The van der Waals surface area contributed by atoms with Gasteiger partial charge in [0, 0.05) is 45.6 Å². The van der Waals surface area contributed by atoms with Gasteiger partial charge in [0.25, 0.3) is 0 Å². The fourth-order valence-corrected chi connectivity index (χ4v) is 6.57. The molecule has 8 nitrogen and oxygen atoms in total. The lowest BCUT2D eigenvalue weighted by Crippen LogP contribution is -2.25. The maximum Gasteiger partial charge on any atom is 0.170 e. The zero-order chi connectivity index (χ0) is 18.5. The molecule has 0 radical (unpaired) electrons.